The van der Waals surface area contributed by atoms with E-state index in [1.165, 1.54) is 12.2 Å². The molecule has 2 aliphatic heterocycles. The van der Waals surface area contributed by atoms with Crippen LogP contribution in [-0.4, -0.2) is 54.7 Å². The Labute approximate surface area is 169 Å². The van der Waals surface area contributed by atoms with Gasteiger partial charge in [-0.05, 0) is 43.5 Å². The highest BCUT2D eigenvalue weighted by molar-refractivity contribution is 5.87. The predicted molar refractivity (Wildman–Crippen MR) is 105 cm³/mol. The minimum atomic E-state index is -0.910. The number of rotatable bonds is 7. The van der Waals surface area contributed by atoms with E-state index < -0.39 is 36.4 Å². The van der Waals surface area contributed by atoms with Crippen molar-refractivity contribution in [2.75, 3.05) is 7.11 Å². The Morgan fingerprint density at radius 1 is 1.21 bits per heavy atom. The molecule has 2 heterocycles. The van der Waals surface area contributed by atoms with Gasteiger partial charge in [0, 0.05) is 18.6 Å². The van der Waals surface area contributed by atoms with Crippen molar-refractivity contribution in [3.05, 3.63) is 48.1 Å². The number of benzene rings is 1. The fourth-order valence-corrected chi connectivity index (χ4v) is 3.45. The van der Waals surface area contributed by atoms with Crippen molar-refractivity contribution in [2.45, 2.75) is 56.7 Å². The molecule has 0 aliphatic carbocycles. The molecule has 5 atom stereocenters. The fraction of sp³-hybridized carbons (Fsp3) is 0.455. The highest BCUT2D eigenvalue weighted by atomic mass is 16.6. The molecular weight excluding hydrogens is 376 g/mol. The summed E-state index contributed by atoms with van der Waals surface area (Å²) >= 11 is 0. The Hall–Kier alpha value is -2.64. The number of hydrogen-bond acceptors (Lipinski definition) is 7. The molecule has 29 heavy (non-hydrogen) atoms. The highest BCUT2D eigenvalue weighted by Gasteiger charge is 2.39. The first-order valence-electron chi connectivity index (χ1n) is 9.69. The molecule has 7 nitrogen and oxygen atoms in total. The molecule has 0 amide bonds. The molecule has 0 bridgehead atoms. The molecular formula is C22H26O7. The topological polar surface area (TPSA) is 91.3 Å². The average Bonchev–Trinajstić information content (AvgIpc) is 3.22. The summed E-state index contributed by atoms with van der Waals surface area (Å²) in [5, 5.41) is 10.5. The van der Waals surface area contributed by atoms with Gasteiger partial charge >= 0.3 is 11.9 Å². The number of carbonyl (C=O) groups is 2. The molecule has 1 saturated heterocycles. The van der Waals surface area contributed by atoms with Crippen LogP contribution in [0.1, 0.15) is 31.7 Å². The van der Waals surface area contributed by atoms with Gasteiger partial charge in [0.1, 0.15) is 24.1 Å². The molecule has 0 aromatic heterocycles. The minimum absolute atomic E-state index is 0.317. The molecule has 156 valence electrons. The minimum Gasteiger partial charge on any atom is -0.497 e. The molecule has 0 spiro atoms. The van der Waals surface area contributed by atoms with Crippen LogP contribution in [0.4, 0.5) is 0 Å². The summed E-state index contributed by atoms with van der Waals surface area (Å²) in [6.45, 7) is 1.77. The van der Waals surface area contributed by atoms with Crippen LogP contribution in [0.3, 0.4) is 0 Å². The van der Waals surface area contributed by atoms with Crippen LogP contribution >= 0.6 is 0 Å². The predicted octanol–water partition coefficient (Wildman–Crippen LogP) is 2.42. The van der Waals surface area contributed by atoms with Gasteiger partial charge in [-0.3, -0.25) is 0 Å². The van der Waals surface area contributed by atoms with Crippen LogP contribution in [0.2, 0.25) is 0 Å². The molecule has 0 radical (unpaired) electrons. The average molecular weight is 402 g/mol. The van der Waals surface area contributed by atoms with Crippen molar-refractivity contribution in [1.82, 2.24) is 0 Å². The molecule has 1 aromatic rings. The van der Waals surface area contributed by atoms with Crippen molar-refractivity contribution >= 4 is 18.0 Å². The lowest BCUT2D eigenvalue weighted by molar-refractivity contribution is -0.164. The number of aliphatic hydroxyl groups is 1. The van der Waals surface area contributed by atoms with E-state index in [-0.39, 0.29) is 6.10 Å². The highest BCUT2D eigenvalue weighted by Crippen LogP contribution is 2.29. The lowest BCUT2D eigenvalue weighted by Gasteiger charge is -2.28. The third-order valence-corrected chi connectivity index (χ3v) is 5.09. The van der Waals surface area contributed by atoms with Crippen LogP contribution in [0.25, 0.3) is 6.08 Å². The van der Waals surface area contributed by atoms with Gasteiger partial charge in [-0.2, -0.15) is 0 Å². The maximum absolute atomic E-state index is 12.1. The second kappa shape index (κ2) is 9.71. The quantitative estimate of drug-likeness (QED) is 0.553. The second-order valence-electron chi connectivity index (χ2n) is 7.14. The van der Waals surface area contributed by atoms with Gasteiger partial charge in [-0.25, -0.2) is 9.59 Å². The van der Waals surface area contributed by atoms with E-state index in [2.05, 4.69) is 0 Å². The Kier molecular flexibility index (Phi) is 7.06. The number of carbonyl (C=O) groups excluding carboxylic acids is 2. The standard InChI is InChI=1S/C22H26O7/c1-14(27-21(24)13-8-15-6-9-16(26-2)10-7-15)17-11-12-19(28-17)22(25)18-4-3-5-20(23)29-18/h3,5-10,13-14,17-19,22,25H,4,11-12H2,1-2H3/b13-8+/t14?,17-,18?,19+,22?/m1/s1. The zero-order valence-electron chi connectivity index (χ0n) is 16.5. The Morgan fingerprint density at radius 2 is 1.93 bits per heavy atom. The van der Waals surface area contributed by atoms with Crippen LogP contribution in [0.5, 0.6) is 5.75 Å². The molecule has 3 rings (SSSR count). The second-order valence-corrected chi connectivity index (χ2v) is 7.14. The van der Waals surface area contributed by atoms with Crippen molar-refractivity contribution in [1.29, 1.82) is 0 Å². The van der Waals surface area contributed by atoms with Crippen LogP contribution in [0.15, 0.2) is 42.5 Å². The van der Waals surface area contributed by atoms with Gasteiger partial charge in [0.25, 0.3) is 0 Å². The molecule has 1 N–H and O–H groups in total. The van der Waals surface area contributed by atoms with Crippen LogP contribution in [-0.2, 0) is 23.8 Å². The number of cyclic esters (lactones) is 1. The molecule has 7 heteroatoms. The van der Waals surface area contributed by atoms with E-state index in [0.717, 1.165) is 11.3 Å². The van der Waals surface area contributed by atoms with Gasteiger partial charge in [0.15, 0.2) is 0 Å². The lowest BCUT2D eigenvalue weighted by atomic mass is 10.0. The van der Waals surface area contributed by atoms with Crippen molar-refractivity contribution in [2.24, 2.45) is 0 Å². The first kappa shape index (κ1) is 21.1. The van der Waals surface area contributed by atoms with Crippen molar-refractivity contribution in [3.8, 4) is 5.75 Å². The summed E-state index contributed by atoms with van der Waals surface area (Å²) in [4.78, 5) is 23.5. The van der Waals surface area contributed by atoms with Crippen LogP contribution < -0.4 is 4.74 Å². The smallest absolute Gasteiger partial charge is 0.331 e. The van der Waals surface area contributed by atoms with Gasteiger partial charge in [0.2, 0.25) is 0 Å². The molecule has 0 saturated carbocycles. The summed E-state index contributed by atoms with van der Waals surface area (Å²) in [6, 6.07) is 7.30. The number of aliphatic hydroxyl groups excluding tert-OH is 1. The van der Waals surface area contributed by atoms with Crippen molar-refractivity contribution < 1.29 is 33.6 Å². The normalized spacial score (nSPS) is 26.2. The van der Waals surface area contributed by atoms with E-state index in [4.69, 9.17) is 18.9 Å². The van der Waals surface area contributed by atoms with Gasteiger partial charge in [-0.1, -0.05) is 18.2 Å². The SMILES string of the molecule is COc1ccc(/C=C/C(=O)OC(C)[C@H]2CC[C@@H](C(O)C3CC=CC(=O)O3)O2)cc1. The fourth-order valence-electron chi connectivity index (χ4n) is 3.45. The van der Waals surface area contributed by atoms with Crippen LogP contribution in [0, 0.1) is 0 Å². The maximum atomic E-state index is 12.1. The number of esters is 2. The first-order chi connectivity index (χ1) is 14.0. The number of hydrogen-bond donors (Lipinski definition) is 1. The number of ether oxygens (including phenoxy) is 4. The van der Waals surface area contributed by atoms with E-state index in [9.17, 15) is 14.7 Å². The molecule has 2 aliphatic rings. The molecule has 1 fully saturated rings. The van der Waals surface area contributed by atoms with Gasteiger partial charge in [0.05, 0.1) is 19.3 Å². The summed E-state index contributed by atoms with van der Waals surface area (Å²) in [5.74, 6) is -0.180. The third-order valence-electron chi connectivity index (χ3n) is 5.09. The van der Waals surface area contributed by atoms with E-state index in [1.807, 2.05) is 24.3 Å². The van der Waals surface area contributed by atoms with Crippen molar-refractivity contribution in [3.63, 3.8) is 0 Å². The van der Waals surface area contributed by atoms with E-state index >= 15 is 0 Å². The Balaban J connectivity index is 1.47. The third kappa shape index (κ3) is 5.68. The zero-order chi connectivity index (χ0) is 20.8. The monoisotopic (exact) mass is 402 g/mol. The van der Waals surface area contributed by atoms with E-state index in [1.54, 1.807) is 26.2 Å². The Morgan fingerprint density at radius 3 is 2.62 bits per heavy atom. The maximum Gasteiger partial charge on any atom is 0.331 e. The summed E-state index contributed by atoms with van der Waals surface area (Å²) < 4.78 is 21.6. The summed E-state index contributed by atoms with van der Waals surface area (Å²) in [5.41, 5.74) is 0.854. The first-order valence-corrected chi connectivity index (χ1v) is 9.69. The molecule has 3 unspecified atom stereocenters. The lowest BCUT2D eigenvalue weighted by Crippen LogP contribution is -2.41. The van der Waals surface area contributed by atoms with Gasteiger partial charge in [-0.15, -0.1) is 0 Å². The zero-order valence-corrected chi connectivity index (χ0v) is 16.5. The summed E-state index contributed by atoms with van der Waals surface area (Å²) in [6.07, 6.45) is 5.02. The molecule has 1 aromatic carbocycles. The van der Waals surface area contributed by atoms with E-state index in [0.29, 0.717) is 19.3 Å². The Bertz CT molecular complexity index is 768. The van der Waals surface area contributed by atoms with Gasteiger partial charge < -0.3 is 24.1 Å². The largest absolute Gasteiger partial charge is 0.497 e. The number of methoxy groups -OCH3 is 1. The summed E-state index contributed by atoms with van der Waals surface area (Å²) in [7, 11) is 1.59.